The summed E-state index contributed by atoms with van der Waals surface area (Å²) in [6.45, 7) is 1.32. The lowest BCUT2D eigenvalue weighted by atomic mass is 9.84. The van der Waals surface area contributed by atoms with Gasteiger partial charge in [0, 0.05) is 24.6 Å². The Labute approximate surface area is 178 Å². The number of amidine groups is 1. The van der Waals surface area contributed by atoms with Crippen LogP contribution in [-0.2, 0) is 16.7 Å². The summed E-state index contributed by atoms with van der Waals surface area (Å²) >= 11 is 11.8. The Hall–Kier alpha value is -2.39. The molecule has 0 spiro atoms. The summed E-state index contributed by atoms with van der Waals surface area (Å²) in [5, 5.41) is 0.305. The zero-order valence-electron chi connectivity index (χ0n) is 15.4. The second-order valence-corrected chi connectivity index (χ2v) is 7.82. The van der Waals surface area contributed by atoms with Crippen molar-refractivity contribution in [3.05, 3.63) is 63.1 Å². The van der Waals surface area contributed by atoms with Gasteiger partial charge in [0.25, 0.3) is 6.02 Å². The summed E-state index contributed by atoms with van der Waals surface area (Å²) < 4.78 is 58.7. The lowest BCUT2D eigenvalue weighted by Gasteiger charge is -2.36. The molecule has 0 saturated heterocycles. The van der Waals surface area contributed by atoms with Gasteiger partial charge in [-0.2, -0.15) is 13.2 Å². The van der Waals surface area contributed by atoms with Crippen LogP contribution < -0.4 is 5.73 Å². The van der Waals surface area contributed by atoms with Gasteiger partial charge in [0.1, 0.15) is 11.5 Å². The number of nitrogens with zero attached hydrogens (tertiary/aromatic N) is 2. The van der Waals surface area contributed by atoms with E-state index in [1.165, 1.54) is 31.3 Å². The fraction of sp³-hybridized carbons (Fsp3) is 0.316. The van der Waals surface area contributed by atoms with Crippen LogP contribution >= 0.6 is 23.2 Å². The van der Waals surface area contributed by atoms with Crippen molar-refractivity contribution in [2.24, 2.45) is 10.7 Å². The van der Waals surface area contributed by atoms with E-state index in [-0.39, 0.29) is 27.7 Å². The van der Waals surface area contributed by atoms with Gasteiger partial charge in [-0.3, -0.25) is 4.79 Å². The van der Waals surface area contributed by atoms with E-state index in [9.17, 15) is 22.4 Å². The molecule has 160 valence electrons. The van der Waals surface area contributed by atoms with Gasteiger partial charge in [-0.15, -0.1) is 0 Å². The maximum atomic E-state index is 14.6. The maximum Gasteiger partial charge on any atom is 0.425 e. The highest BCUT2D eigenvalue weighted by atomic mass is 35.5. The quantitative estimate of drug-likeness (QED) is 0.520. The minimum atomic E-state index is -4.71. The van der Waals surface area contributed by atoms with Crippen LogP contribution in [0, 0.1) is 5.82 Å². The Bertz CT molecular complexity index is 1030. The first kappa shape index (κ1) is 22.3. The summed E-state index contributed by atoms with van der Waals surface area (Å²) in [5.74, 6) is -1.25. The number of rotatable bonds is 4. The van der Waals surface area contributed by atoms with Gasteiger partial charge in [0.2, 0.25) is 0 Å². The molecule has 0 fully saturated rings. The van der Waals surface area contributed by atoms with Crippen LogP contribution in [0.2, 0.25) is 10.0 Å². The van der Waals surface area contributed by atoms with Crippen LogP contribution in [0.3, 0.4) is 0 Å². The molecular formula is C19H15Cl2F4N3O2. The molecule has 1 aliphatic heterocycles. The molecule has 30 heavy (non-hydrogen) atoms. The Balaban J connectivity index is 1.93. The Kier molecular flexibility index (Phi) is 5.97. The van der Waals surface area contributed by atoms with Crippen LogP contribution in [0.15, 0.2) is 35.5 Å². The second-order valence-electron chi connectivity index (χ2n) is 6.97. The Morgan fingerprint density at radius 1 is 1.33 bits per heavy atom. The minimum Gasteiger partial charge on any atom is -0.452 e. The van der Waals surface area contributed by atoms with Crippen molar-refractivity contribution in [1.82, 2.24) is 4.98 Å². The zero-order valence-corrected chi connectivity index (χ0v) is 16.9. The van der Waals surface area contributed by atoms with Crippen LogP contribution in [0.5, 0.6) is 0 Å². The number of hydrogen-bond acceptors (Lipinski definition) is 5. The SMILES string of the molecule is C[C@@]1(c2cc(CC(=O)c3ncc(Cl)cc3Cl)ccc2F)C[C@@H](C(F)(F)F)OC(N)=N1. The monoisotopic (exact) mass is 463 g/mol. The first-order valence-electron chi connectivity index (χ1n) is 8.61. The third-order valence-electron chi connectivity index (χ3n) is 4.62. The number of ketones is 1. The van der Waals surface area contributed by atoms with Crippen LogP contribution in [0.25, 0.3) is 0 Å². The van der Waals surface area contributed by atoms with Crippen molar-refractivity contribution in [2.45, 2.75) is 37.6 Å². The number of pyridine rings is 1. The molecule has 5 nitrogen and oxygen atoms in total. The molecule has 0 amide bonds. The van der Waals surface area contributed by atoms with Crippen LogP contribution in [0.1, 0.15) is 35.0 Å². The predicted molar refractivity (Wildman–Crippen MR) is 103 cm³/mol. The lowest BCUT2D eigenvalue weighted by molar-refractivity contribution is -0.208. The normalized spacial score (nSPS) is 21.7. The molecule has 1 aliphatic rings. The molecule has 0 aliphatic carbocycles. The van der Waals surface area contributed by atoms with E-state index in [4.69, 9.17) is 28.9 Å². The third-order valence-corrected chi connectivity index (χ3v) is 5.11. The number of aromatic nitrogens is 1. The number of carbonyl (C=O) groups excluding carboxylic acids is 1. The summed E-state index contributed by atoms with van der Waals surface area (Å²) in [4.78, 5) is 20.3. The number of halogens is 6. The van der Waals surface area contributed by atoms with Crippen molar-refractivity contribution < 1.29 is 27.1 Å². The highest BCUT2D eigenvalue weighted by molar-refractivity contribution is 6.36. The number of hydrogen-bond donors (Lipinski definition) is 1. The van der Waals surface area contributed by atoms with Gasteiger partial charge in [-0.05, 0) is 30.7 Å². The summed E-state index contributed by atoms with van der Waals surface area (Å²) in [6, 6.07) is 4.36. The summed E-state index contributed by atoms with van der Waals surface area (Å²) in [7, 11) is 0. The topological polar surface area (TPSA) is 77.6 Å². The molecule has 0 saturated carbocycles. The van der Waals surface area contributed by atoms with Crippen molar-refractivity contribution >= 4 is 35.0 Å². The molecule has 1 aromatic heterocycles. The van der Waals surface area contributed by atoms with E-state index in [1.54, 1.807) is 0 Å². The number of carbonyl (C=O) groups is 1. The van der Waals surface area contributed by atoms with Gasteiger partial charge in [-0.1, -0.05) is 29.3 Å². The zero-order chi connectivity index (χ0) is 22.3. The van der Waals surface area contributed by atoms with Gasteiger partial charge in [0.05, 0.1) is 15.6 Å². The molecule has 2 heterocycles. The molecule has 1 aromatic carbocycles. The number of benzene rings is 1. The highest BCUT2D eigenvalue weighted by Crippen LogP contribution is 2.41. The van der Waals surface area contributed by atoms with Gasteiger partial charge >= 0.3 is 6.18 Å². The average molecular weight is 464 g/mol. The van der Waals surface area contributed by atoms with Crippen LogP contribution in [-0.4, -0.2) is 29.1 Å². The fourth-order valence-electron chi connectivity index (χ4n) is 3.20. The van der Waals surface area contributed by atoms with Crippen molar-refractivity contribution in [1.29, 1.82) is 0 Å². The van der Waals surface area contributed by atoms with Gasteiger partial charge < -0.3 is 10.5 Å². The number of alkyl halides is 3. The molecular weight excluding hydrogens is 449 g/mol. The van der Waals surface area contributed by atoms with E-state index >= 15 is 0 Å². The Morgan fingerprint density at radius 3 is 2.67 bits per heavy atom. The fourth-order valence-corrected chi connectivity index (χ4v) is 3.69. The number of nitrogens with two attached hydrogens (primary N) is 1. The smallest absolute Gasteiger partial charge is 0.425 e. The van der Waals surface area contributed by atoms with E-state index < -0.39 is 41.9 Å². The number of aliphatic imine (C=N–C) groups is 1. The molecule has 2 N–H and O–H groups in total. The van der Waals surface area contributed by atoms with E-state index in [0.29, 0.717) is 5.56 Å². The summed E-state index contributed by atoms with van der Waals surface area (Å²) in [5.41, 5.74) is 3.97. The molecule has 2 aromatic rings. The molecule has 11 heteroatoms. The van der Waals surface area contributed by atoms with E-state index in [1.807, 2.05) is 0 Å². The van der Waals surface area contributed by atoms with E-state index in [2.05, 4.69) is 14.7 Å². The lowest BCUT2D eigenvalue weighted by Crippen LogP contribution is -2.46. The summed E-state index contributed by atoms with van der Waals surface area (Å²) in [6.07, 6.45) is -6.56. The highest BCUT2D eigenvalue weighted by Gasteiger charge is 2.50. The second kappa shape index (κ2) is 8.03. The molecule has 2 atom stereocenters. The van der Waals surface area contributed by atoms with Gasteiger partial charge in [-0.25, -0.2) is 14.4 Å². The molecule has 0 bridgehead atoms. The number of ether oxygens (including phenoxy) is 1. The largest absolute Gasteiger partial charge is 0.452 e. The minimum absolute atomic E-state index is 0.0244. The Morgan fingerprint density at radius 2 is 2.03 bits per heavy atom. The van der Waals surface area contributed by atoms with Gasteiger partial charge in [0.15, 0.2) is 11.9 Å². The van der Waals surface area contributed by atoms with E-state index in [0.717, 1.165) is 6.07 Å². The number of Topliss-reactive ketones (excluding diaryl/α,β-unsaturated/α-hetero) is 1. The third kappa shape index (κ3) is 4.67. The van der Waals surface area contributed by atoms with Crippen LogP contribution in [0.4, 0.5) is 17.6 Å². The van der Waals surface area contributed by atoms with Crippen molar-refractivity contribution in [3.63, 3.8) is 0 Å². The maximum absolute atomic E-state index is 14.6. The first-order chi connectivity index (χ1) is 13.9. The van der Waals surface area contributed by atoms with Crippen molar-refractivity contribution in [3.8, 4) is 0 Å². The first-order valence-corrected chi connectivity index (χ1v) is 9.36. The van der Waals surface area contributed by atoms with Crippen molar-refractivity contribution in [2.75, 3.05) is 0 Å². The predicted octanol–water partition coefficient (Wildman–Crippen LogP) is 4.83. The molecule has 3 rings (SSSR count). The standard InChI is InChI=1S/C19H15Cl2F4N3O2/c1-18(7-15(19(23,24)25)30-17(26)28-18)11-4-9(2-3-13(11)22)5-14(29)16-12(21)6-10(20)8-27-16/h2-4,6,8,15H,5,7H2,1H3,(H2,26,28)/t15-,18-/m0/s1. The molecule has 0 radical (unpaired) electrons. The molecule has 0 unspecified atom stereocenters. The average Bonchev–Trinajstić information content (AvgIpc) is 2.61.